The van der Waals surface area contributed by atoms with Crippen LogP contribution in [0.25, 0.3) is 10.9 Å². The lowest BCUT2D eigenvalue weighted by molar-refractivity contribution is 0.478. The van der Waals surface area contributed by atoms with Crippen molar-refractivity contribution >= 4 is 10.9 Å². The van der Waals surface area contributed by atoms with Gasteiger partial charge in [-0.1, -0.05) is 6.07 Å². The molecule has 2 rings (SSSR count). The number of hydrogen-bond acceptors (Lipinski definition) is 3. The standard InChI is InChI=1S/C10H10N2O/c1-6-3-4-8-9(13)5-11-12-10(8)7(6)2/h3-5H,1-2H3,(H,12,13). The first-order valence-corrected chi connectivity index (χ1v) is 4.10. The summed E-state index contributed by atoms with van der Waals surface area (Å²) in [6.07, 6.45) is 1.36. The van der Waals surface area contributed by atoms with Crippen LogP contribution in [0.1, 0.15) is 11.1 Å². The third-order valence-corrected chi connectivity index (χ3v) is 2.32. The predicted molar refractivity (Wildman–Crippen MR) is 50.7 cm³/mol. The number of rotatable bonds is 0. The molecule has 0 aliphatic rings. The van der Waals surface area contributed by atoms with Gasteiger partial charge in [-0.25, -0.2) is 0 Å². The van der Waals surface area contributed by atoms with Crippen LogP contribution in [0, 0.1) is 13.8 Å². The fourth-order valence-electron chi connectivity index (χ4n) is 1.35. The zero-order valence-electron chi connectivity index (χ0n) is 7.57. The van der Waals surface area contributed by atoms with E-state index in [1.807, 2.05) is 26.0 Å². The lowest BCUT2D eigenvalue weighted by atomic mass is 10.1. The molecule has 0 radical (unpaired) electrons. The van der Waals surface area contributed by atoms with Crippen molar-refractivity contribution < 1.29 is 5.11 Å². The number of nitrogens with zero attached hydrogens (tertiary/aromatic N) is 2. The SMILES string of the molecule is Cc1ccc2c(O)cnnc2c1C. The molecule has 3 heteroatoms. The first-order chi connectivity index (χ1) is 6.20. The van der Waals surface area contributed by atoms with Crippen LogP contribution in [0.2, 0.25) is 0 Å². The molecule has 66 valence electrons. The van der Waals surface area contributed by atoms with Gasteiger partial charge < -0.3 is 5.11 Å². The van der Waals surface area contributed by atoms with Gasteiger partial charge in [0.05, 0.1) is 11.7 Å². The van der Waals surface area contributed by atoms with E-state index in [4.69, 9.17) is 0 Å². The largest absolute Gasteiger partial charge is 0.506 e. The predicted octanol–water partition coefficient (Wildman–Crippen LogP) is 1.95. The van der Waals surface area contributed by atoms with E-state index >= 15 is 0 Å². The fourth-order valence-corrected chi connectivity index (χ4v) is 1.35. The Kier molecular flexibility index (Phi) is 1.65. The number of benzene rings is 1. The van der Waals surface area contributed by atoms with Gasteiger partial charge in [-0.05, 0) is 31.0 Å². The third kappa shape index (κ3) is 1.13. The molecule has 0 spiro atoms. The molecule has 1 aromatic heterocycles. The maximum absolute atomic E-state index is 9.48. The molecule has 3 nitrogen and oxygen atoms in total. The number of aryl methyl sites for hydroxylation is 2. The molecule has 0 amide bonds. The summed E-state index contributed by atoms with van der Waals surface area (Å²) in [5, 5.41) is 18.0. The molecule has 0 saturated heterocycles. The molecule has 1 N–H and O–H groups in total. The highest BCUT2D eigenvalue weighted by Gasteiger charge is 2.04. The Labute approximate surface area is 76.0 Å². The van der Waals surface area contributed by atoms with Gasteiger partial charge in [0.15, 0.2) is 0 Å². The Morgan fingerprint density at radius 3 is 2.77 bits per heavy atom. The minimum absolute atomic E-state index is 0.188. The molecule has 1 heterocycles. The van der Waals surface area contributed by atoms with Crippen LogP contribution in [0.4, 0.5) is 0 Å². The average molecular weight is 174 g/mol. The van der Waals surface area contributed by atoms with Crippen LogP contribution in [0.5, 0.6) is 5.75 Å². The van der Waals surface area contributed by atoms with Gasteiger partial charge in [0.2, 0.25) is 0 Å². The summed E-state index contributed by atoms with van der Waals surface area (Å²) in [5.74, 6) is 0.188. The smallest absolute Gasteiger partial charge is 0.145 e. The molecular formula is C10H10N2O. The first-order valence-electron chi connectivity index (χ1n) is 4.10. The van der Waals surface area contributed by atoms with Gasteiger partial charge in [-0.15, -0.1) is 5.10 Å². The molecular weight excluding hydrogens is 164 g/mol. The van der Waals surface area contributed by atoms with Gasteiger partial charge in [0.25, 0.3) is 0 Å². The number of hydrogen-bond donors (Lipinski definition) is 1. The van der Waals surface area contributed by atoms with Crippen LogP contribution in [-0.4, -0.2) is 15.3 Å². The Balaban J connectivity index is 2.94. The summed E-state index contributed by atoms with van der Waals surface area (Å²) in [6, 6.07) is 3.83. The molecule has 2 aromatic rings. The van der Waals surface area contributed by atoms with E-state index in [1.165, 1.54) is 6.20 Å². The van der Waals surface area contributed by atoms with Crippen molar-refractivity contribution in [2.45, 2.75) is 13.8 Å². The highest BCUT2D eigenvalue weighted by molar-refractivity contribution is 5.87. The summed E-state index contributed by atoms with van der Waals surface area (Å²) in [6.45, 7) is 3.99. The summed E-state index contributed by atoms with van der Waals surface area (Å²) < 4.78 is 0. The van der Waals surface area contributed by atoms with Crippen LogP contribution >= 0.6 is 0 Å². The molecule has 0 aliphatic heterocycles. The molecule has 0 bridgehead atoms. The second-order valence-electron chi connectivity index (χ2n) is 3.13. The van der Waals surface area contributed by atoms with E-state index in [1.54, 1.807) is 0 Å². The molecule has 0 atom stereocenters. The molecule has 0 unspecified atom stereocenters. The summed E-state index contributed by atoms with van der Waals surface area (Å²) in [5.41, 5.74) is 3.01. The second-order valence-corrected chi connectivity index (χ2v) is 3.13. The first kappa shape index (κ1) is 7.98. The second kappa shape index (κ2) is 2.69. The van der Waals surface area contributed by atoms with Crippen molar-refractivity contribution in [3.8, 4) is 5.75 Å². The van der Waals surface area contributed by atoms with Crippen molar-refractivity contribution in [1.82, 2.24) is 10.2 Å². The molecule has 0 fully saturated rings. The zero-order valence-corrected chi connectivity index (χ0v) is 7.57. The third-order valence-electron chi connectivity index (χ3n) is 2.32. The Morgan fingerprint density at radius 1 is 1.23 bits per heavy atom. The summed E-state index contributed by atoms with van der Waals surface area (Å²) >= 11 is 0. The van der Waals surface area contributed by atoms with Gasteiger partial charge in [-0.3, -0.25) is 0 Å². The number of aromatic hydroxyl groups is 1. The van der Waals surface area contributed by atoms with Crippen molar-refractivity contribution in [2.24, 2.45) is 0 Å². The topological polar surface area (TPSA) is 46.0 Å². The van der Waals surface area contributed by atoms with E-state index < -0.39 is 0 Å². The Hall–Kier alpha value is -1.64. The van der Waals surface area contributed by atoms with Gasteiger partial charge >= 0.3 is 0 Å². The van der Waals surface area contributed by atoms with Crippen molar-refractivity contribution in [3.05, 3.63) is 29.5 Å². The Bertz CT molecular complexity index is 466. The number of fused-ring (bicyclic) bond motifs is 1. The van der Waals surface area contributed by atoms with E-state index in [-0.39, 0.29) is 5.75 Å². The van der Waals surface area contributed by atoms with Crippen LogP contribution < -0.4 is 0 Å². The van der Waals surface area contributed by atoms with Gasteiger partial charge in [0, 0.05) is 5.39 Å². The van der Waals surface area contributed by atoms with Gasteiger partial charge in [0.1, 0.15) is 5.75 Å². The van der Waals surface area contributed by atoms with E-state index in [0.29, 0.717) is 0 Å². The average Bonchev–Trinajstić information content (AvgIpc) is 2.12. The van der Waals surface area contributed by atoms with Crippen LogP contribution in [0.3, 0.4) is 0 Å². The molecule has 0 saturated carbocycles. The zero-order chi connectivity index (χ0) is 9.42. The monoisotopic (exact) mass is 174 g/mol. The Morgan fingerprint density at radius 2 is 2.00 bits per heavy atom. The quantitative estimate of drug-likeness (QED) is 0.664. The highest BCUT2D eigenvalue weighted by Crippen LogP contribution is 2.25. The lowest BCUT2D eigenvalue weighted by Crippen LogP contribution is -1.89. The molecule has 0 aliphatic carbocycles. The lowest BCUT2D eigenvalue weighted by Gasteiger charge is -2.04. The normalized spacial score (nSPS) is 10.6. The van der Waals surface area contributed by atoms with Crippen molar-refractivity contribution in [2.75, 3.05) is 0 Å². The number of aromatic nitrogens is 2. The minimum Gasteiger partial charge on any atom is -0.506 e. The minimum atomic E-state index is 0.188. The van der Waals surface area contributed by atoms with Crippen molar-refractivity contribution in [1.29, 1.82) is 0 Å². The van der Waals surface area contributed by atoms with E-state index in [2.05, 4.69) is 10.2 Å². The maximum atomic E-state index is 9.48. The van der Waals surface area contributed by atoms with Gasteiger partial charge in [-0.2, -0.15) is 5.10 Å². The maximum Gasteiger partial charge on any atom is 0.145 e. The summed E-state index contributed by atoms with van der Waals surface area (Å²) in [7, 11) is 0. The molecule has 1 aromatic carbocycles. The fraction of sp³-hybridized carbons (Fsp3) is 0.200. The summed E-state index contributed by atoms with van der Waals surface area (Å²) in [4.78, 5) is 0. The van der Waals surface area contributed by atoms with Crippen molar-refractivity contribution in [3.63, 3.8) is 0 Å². The highest BCUT2D eigenvalue weighted by atomic mass is 16.3. The van der Waals surface area contributed by atoms with E-state index in [9.17, 15) is 5.11 Å². The van der Waals surface area contributed by atoms with Crippen LogP contribution in [0.15, 0.2) is 18.3 Å². The molecule has 13 heavy (non-hydrogen) atoms. The van der Waals surface area contributed by atoms with E-state index in [0.717, 1.165) is 22.0 Å². The van der Waals surface area contributed by atoms with Crippen LogP contribution in [-0.2, 0) is 0 Å².